The van der Waals surface area contributed by atoms with Gasteiger partial charge in [0.2, 0.25) is 5.91 Å². The molecule has 3 heterocycles. The molecule has 0 spiro atoms. The number of hydrogen-bond donors (Lipinski definition) is 1. The molecule has 1 aliphatic rings. The predicted octanol–water partition coefficient (Wildman–Crippen LogP) is 4.75. The van der Waals surface area contributed by atoms with E-state index in [9.17, 15) is 9.59 Å². The number of hydrogen-bond acceptors (Lipinski definition) is 4. The molecule has 1 N–H and O–H groups in total. The van der Waals surface area contributed by atoms with Crippen LogP contribution in [0.1, 0.15) is 15.9 Å². The summed E-state index contributed by atoms with van der Waals surface area (Å²) in [6, 6.07) is 28.9. The van der Waals surface area contributed by atoms with Crippen LogP contribution in [0, 0.1) is 0 Å². The lowest BCUT2D eigenvalue weighted by Gasteiger charge is -2.29. The van der Waals surface area contributed by atoms with Gasteiger partial charge in [0.1, 0.15) is 6.54 Å². The summed E-state index contributed by atoms with van der Waals surface area (Å²) in [6.07, 6.45) is 1.68. The van der Waals surface area contributed by atoms with E-state index in [0.29, 0.717) is 40.2 Å². The van der Waals surface area contributed by atoms with Gasteiger partial charge in [0.25, 0.3) is 5.91 Å². The van der Waals surface area contributed by atoms with Crippen LogP contribution in [-0.4, -0.2) is 33.1 Å². The van der Waals surface area contributed by atoms with E-state index in [1.807, 2.05) is 83.5 Å². The molecule has 5 aromatic rings. The number of carbonyl (C=O) groups is 2. The van der Waals surface area contributed by atoms with E-state index in [0.717, 1.165) is 11.1 Å². The molecule has 0 radical (unpaired) electrons. The molecular formula is C28H21N5O2. The molecule has 0 saturated heterocycles. The summed E-state index contributed by atoms with van der Waals surface area (Å²) >= 11 is 0. The number of aromatic nitrogens is 3. The number of carbonyl (C=O) groups excluding carboxylic acids is 2. The number of anilines is 2. The zero-order valence-electron chi connectivity index (χ0n) is 18.8. The molecule has 0 atom stereocenters. The minimum absolute atomic E-state index is 0.0571. The molecule has 2 amide bonds. The van der Waals surface area contributed by atoms with Crippen LogP contribution in [-0.2, 0) is 11.3 Å². The van der Waals surface area contributed by atoms with Gasteiger partial charge in [-0.05, 0) is 23.8 Å². The van der Waals surface area contributed by atoms with Crippen molar-refractivity contribution in [2.24, 2.45) is 0 Å². The summed E-state index contributed by atoms with van der Waals surface area (Å²) in [6.45, 7) is 0.469. The SMILES string of the molecule is O=C1CN(C(=O)c2cc(-c3ccccc3)nc3c2cnn3Cc2ccccc2)c2ccccc2N1. The predicted molar refractivity (Wildman–Crippen MR) is 135 cm³/mol. The van der Waals surface area contributed by atoms with E-state index in [-0.39, 0.29) is 18.4 Å². The van der Waals surface area contributed by atoms with E-state index >= 15 is 0 Å². The number of nitrogens with zero attached hydrogens (tertiary/aromatic N) is 4. The van der Waals surface area contributed by atoms with Crippen LogP contribution in [0.15, 0.2) is 97.2 Å². The monoisotopic (exact) mass is 459 g/mol. The Hall–Kier alpha value is -4.78. The number of fused-ring (bicyclic) bond motifs is 2. The molecule has 0 bridgehead atoms. The molecule has 6 rings (SSSR count). The van der Waals surface area contributed by atoms with Crippen LogP contribution in [0.4, 0.5) is 11.4 Å². The average molecular weight is 460 g/mol. The molecule has 1 aliphatic heterocycles. The van der Waals surface area contributed by atoms with Crippen molar-refractivity contribution in [1.82, 2.24) is 14.8 Å². The maximum Gasteiger partial charge on any atom is 0.259 e. The maximum absolute atomic E-state index is 14.0. The lowest BCUT2D eigenvalue weighted by atomic mass is 10.0. The largest absolute Gasteiger partial charge is 0.323 e. The molecule has 2 aromatic heterocycles. The summed E-state index contributed by atoms with van der Waals surface area (Å²) in [5.74, 6) is -0.499. The Kier molecular flexibility index (Phi) is 5.07. The summed E-state index contributed by atoms with van der Waals surface area (Å²) in [7, 11) is 0. The van der Waals surface area contributed by atoms with E-state index in [4.69, 9.17) is 4.98 Å². The van der Waals surface area contributed by atoms with E-state index in [2.05, 4.69) is 10.4 Å². The van der Waals surface area contributed by atoms with Crippen molar-refractivity contribution in [3.8, 4) is 11.3 Å². The third-order valence-corrected chi connectivity index (χ3v) is 6.10. The van der Waals surface area contributed by atoms with Gasteiger partial charge in [0, 0.05) is 5.56 Å². The Bertz CT molecular complexity index is 1560. The highest BCUT2D eigenvalue weighted by molar-refractivity contribution is 6.19. The van der Waals surface area contributed by atoms with Crippen LogP contribution < -0.4 is 10.2 Å². The van der Waals surface area contributed by atoms with Gasteiger partial charge in [-0.3, -0.25) is 14.5 Å². The fourth-order valence-corrected chi connectivity index (χ4v) is 4.41. The third-order valence-electron chi connectivity index (χ3n) is 6.10. The Morgan fingerprint density at radius 1 is 0.914 bits per heavy atom. The average Bonchev–Trinajstić information content (AvgIpc) is 3.31. The lowest BCUT2D eigenvalue weighted by molar-refractivity contribution is -0.115. The first-order valence-corrected chi connectivity index (χ1v) is 11.3. The van der Waals surface area contributed by atoms with Crippen molar-refractivity contribution < 1.29 is 9.59 Å². The minimum atomic E-state index is -0.267. The first-order chi connectivity index (χ1) is 17.2. The normalized spacial score (nSPS) is 12.9. The number of amides is 2. The molecule has 7 nitrogen and oxygen atoms in total. The fraction of sp³-hybridized carbons (Fsp3) is 0.0714. The van der Waals surface area contributed by atoms with Crippen LogP contribution in [0.3, 0.4) is 0 Å². The first-order valence-electron chi connectivity index (χ1n) is 11.3. The Morgan fingerprint density at radius 2 is 1.63 bits per heavy atom. The molecular weight excluding hydrogens is 438 g/mol. The molecule has 170 valence electrons. The maximum atomic E-state index is 14.0. The Morgan fingerprint density at radius 3 is 2.43 bits per heavy atom. The quantitative estimate of drug-likeness (QED) is 0.421. The highest BCUT2D eigenvalue weighted by Gasteiger charge is 2.29. The van der Waals surface area contributed by atoms with Gasteiger partial charge in [-0.1, -0.05) is 72.8 Å². The van der Waals surface area contributed by atoms with E-state index < -0.39 is 0 Å². The molecule has 0 unspecified atom stereocenters. The topological polar surface area (TPSA) is 80.1 Å². The van der Waals surface area contributed by atoms with Crippen molar-refractivity contribution in [2.75, 3.05) is 16.8 Å². The van der Waals surface area contributed by atoms with Gasteiger partial charge in [0.05, 0.1) is 40.8 Å². The summed E-state index contributed by atoms with van der Waals surface area (Å²) < 4.78 is 1.81. The van der Waals surface area contributed by atoms with Gasteiger partial charge in [-0.25, -0.2) is 9.67 Å². The van der Waals surface area contributed by atoms with Crippen LogP contribution in [0.25, 0.3) is 22.3 Å². The number of para-hydroxylation sites is 2. The van der Waals surface area contributed by atoms with Crippen molar-refractivity contribution in [3.05, 3.63) is 108 Å². The van der Waals surface area contributed by atoms with Crippen LogP contribution >= 0.6 is 0 Å². The number of nitrogens with one attached hydrogen (secondary N) is 1. The lowest BCUT2D eigenvalue weighted by Crippen LogP contribution is -2.42. The smallest absolute Gasteiger partial charge is 0.259 e. The number of rotatable bonds is 4. The van der Waals surface area contributed by atoms with Gasteiger partial charge in [-0.2, -0.15) is 5.10 Å². The molecule has 3 aromatic carbocycles. The number of benzene rings is 3. The second kappa shape index (κ2) is 8.53. The summed E-state index contributed by atoms with van der Waals surface area (Å²) in [5.41, 5.74) is 5.01. The minimum Gasteiger partial charge on any atom is -0.323 e. The van der Waals surface area contributed by atoms with Gasteiger partial charge >= 0.3 is 0 Å². The molecule has 0 fully saturated rings. The fourth-order valence-electron chi connectivity index (χ4n) is 4.41. The van der Waals surface area contributed by atoms with Gasteiger partial charge in [0.15, 0.2) is 5.65 Å². The number of pyridine rings is 1. The molecule has 0 aliphatic carbocycles. The highest BCUT2D eigenvalue weighted by Crippen LogP contribution is 2.32. The second-order valence-corrected chi connectivity index (χ2v) is 8.40. The van der Waals surface area contributed by atoms with E-state index in [1.165, 1.54) is 4.90 Å². The standard InChI is InChI=1S/C28H21N5O2/c34-26-18-32(25-14-8-7-13-23(25)30-26)28(35)21-15-24(20-11-5-2-6-12-20)31-27-22(21)16-29-33(27)17-19-9-3-1-4-10-19/h1-16H,17-18H2,(H,30,34). The van der Waals surface area contributed by atoms with Crippen LogP contribution in [0.2, 0.25) is 0 Å². The first kappa shape index (κ1) is 20.8. The Balaban J connectivity index is 1.51. The zero-order valence-corrected chi connectivity index (χ0v) is 18.8. The van der Waals surface area contributed by atoms with Crippen molar-refractivity contribution >= 4 is 34.2 Å². The highest BCUT2D eigenvalue weighted by atomic mass is 16.2. The van der Waals surface area contributed by atoms with E-state index in [1.54, 1.807) is 18.3 Å². The molecule has 35 heavy (non-hydrogen) atoms. The van der Waals surface area contributed by atoms with Crippen molar-refractivity contribution in [1.29, 1.82) is 0 Å². The third kappa shape index (κ3) is 3.83. The molecule has 7 heteroatoms. The van der Waals surface area contributed by atoms with Gasteiger partial charge in [-0.15, -0.1) is 0 Å². The second-order valence-electron chi connectivity index (χ2n) is 8.40. The Labute approximate surface area is 201 Å². The summed E-state index contributed by atoms with van der Waals surface area (Å²) in [4.78, 5) is 32.8. The van der Waals surface area contributed by atoms with Crippen LogP contribution in [0.5, 0.6) is 0 Å². The summed E-state index contributed by atoms with van der Waals surface area (Å²) in [5, 5.41) is 8.06. The van der Waals surface area contributed by atoms with Gasteiger partial charge < -0.3 is 5.32 Å². The van der Waals surface area contributed by atoms with Crippen molar-refractivity contribution in [2.45, 2.75) is 6.54 Å². The zero-order chi connectivity index (χ0) is 23.8. The molecule has 0 saturated carbocycles. The van der Waals surface area contributed by atoms with Crippen molar-refractivity contribution in [3.63, 3.8) is 0 Å².